The smallest absolute Gasteiger partial charge is 0.0613 e. The molecule has 0 aromatic carbocycles. The summed E-state index contributed by atoms with van der Waals surface area (Å²) < 4.78 is 0. The highest BCUT2D eigenvalue weighted by Crippen LogP contribution is 2.31. The predicted molar refractivity (Wildman–Crippen MR) is 60.4 cm³/mol. The molecule has 0 aliphatic heterocycles. The SMILES string of the molecule is C=C(Cl)CNC1(CO)CCCC(C)C1. The van der Waals surface area contributed by atoms with E-state index in [4.69, 9.17) is 11.6 Å². The van der Waals surface area contributed by atoms with Crippen molar-refractivity contribution < 1.29 is 5.11 Å². The average molecular weight is 218 g/mol. The van der Waals surface area contributed by atoms with Gasteiger partial charge in [0.2, 0.25) is 0 Å². The molecule has 0 bridgehead atoms. The van der Waals surface area contributed by atoms with Gasteiger partial charge in [0.25, 0.3) is 0 Å². The van der Waals surface area contributed by atoms with Crippen LogP contribution in [0.4, 0.5) is 0 Å². The largest absolute Gasteiger partial charge is 0.394 e. The number of halogens is 1. The molecule has 2 nitrogen and oxygen atoms in total. The van der Waals surface area contributed by atoms with Crippen molar-refractivity contribution in [3.05, 3.63) is 11.6 Å². The van der Waals surface area contributed by atoms with Gasteiger partial charge in [-0.05, 0) is 18.8 Å². The number of aliphatic hydroxyl groups is 1. The van der Waals surface area contributed by atoms with Crippen molar-refractivity contribution in [3.63, 3.8) is 0 Å². The second-order valence-electron chi connectivity index (χ2n) is 4.51. The molecule has 1 aliphatic carbocycles. The molecular weight excluding hydrogens is 198 g/mol. The molecule has 82 valence electrons. The summed E-state index contributed by atoms with van der Waals surface area (Å²) in [5.74, 6) is 0.687. The molecule has 3 heteroatoms. The first-order valence-corrected chi connectivity index (χ1v) is 5.65. The Kier molecular flexibility index (Phi) is 4.42. The minimum atomic E-state index is -0.116. The number of aliphatic hydroxyl groups excluding tert-OH is 1. The Hall–Kier alpha value is -0.0500. The second-order valence-corrected chi connectivity index (χ2v) is 5.05. The quantitative estimate of drug-likeness (QED) is 0.758. The molecular formula is C11H20ClNO. The summed E-state index contributed by atoms with van der Waals surface area (Å²) >= 11 is 5.71. The van der Waals surface area contributed by atoms with Gasteiger partial charge in [0.1, 0.15) is 0 Å². The fraction of sp³-hybridized carbons (Fsp3) is 0.818. The second kappa shape index (κ2) is 5.15. The van der Waals surface area contributed by atoms with Crippen molar-refractivity contribution in [2.45, 2.75) is 38.1 Å². The van der Waals surface area contributed by atoms with Crippen LogP contribution in [0.3, 0.4) is 0 Å². The van der Waals surface area contributed by atoms with Crippen molar-refractivity contribution in [3.8, 4) is 0 Å². The van der Waals surface area contributed by atoms with Crippen LogP contribution in [-0.2, 0) is 0 Å². The summed E-state index contributed by atoms with van der Waals surface area (Å²) in [5.41, 5.74) is -0.116. The topological polar surface area (TPSA) is 32.3 Å². The molecule has 2 N–H and O–H groups in total. The van der Waals surface area contributed by atoms with E-state index in [1.807, 2.05) is 0 Å². The van der Waals surface area contributed by atoms with Gasteiger partial charge in [-0.3, -0.25) is 0 Å². The van der Waals surface area contributed by atoms with Crippen LogP contribution in [0.1, 0.15) is 32.6 Å². The lowest BCUT2D eigenvalue weighted by atomic mass is 9.77. The highest BCUT2D eigenvalue weighted by molar-refractivity contribution is 6.29. The summed E-state index contributed by atoms with van der Waals surface area (Å²) in [6.45, 7) is 6.67. The van der Waals surface area contributed by atoms with E-state index >= 15 is 0 Å². The lowest BCUT2D eigenvalue weighted by molar-refractivity contribution is 0.103. The van der Waals surface area contributed by atoms with E-state index in [1.54, 1.807) is 0 Å². The maximum atomic E-state index is 9.44. The summed E-state index contributed by atoms with van der Waals surface area (Å²) in [5, 5.41) is 13.4. The van der Waals surface area contributed by atoms with Gasteiger partial charge in [0, 0.05) is 17.1 Å². The van der Waals surface area contributed by atoms with Gasteiger partial charge in [-0.25, -0.2) is 0 Å². The fourth-order valence-corrected chi connectivity index (χ4v) is 2.37. The van der Waals surface area contributed by atoms with Crippen LogP contribution in [0.25, 0.3) is 0 Å². The highest BCUT2D eigenvalue weighted by atomic mass is 35.5. The molecule has 1 saturated carbocycles. The zero-order valence-electron chi connectivity index (χ0n) is 8.85. The molecule has 1 aliphatic rings. The number of nitrogens with one attached hydrogen (secondary N) is 1. The number of rotatable bonds is 4. The first kappa shape index (κ1) is 12.0. The van der Waals surface area contributed by atoms with Gasteiger partial charge in [0.05, 0.1) is 6.61 Å². The van der Waals surface area contributed by atoms with Crippen molar-refractivity contribution in [2.24, 2.45) is 5.92 Å². The number of hydrogen-bond donors (Lipinski definition) is 2. The molecule has 2 atom stereocenters. The lowest BCUT2D eigenvalue weighted by Crippen LogP contribution is -2.51. The Morgan fingerprint density at radius 3 is 2.93 bits per heavy atom. The molecule has 2 unspecified atom stereocenters. The monoisotopic (exact) mass is 217 g/mol. The molecule has 0 heterocycles. The van der Waals surface area contributed by atoms with Crippen LogP contribution in [0.5, 0.6) is 0 Å². The van der Waals surface area contributed by atoms with Crippen LogP contribution < -0.4 is 5.32 Å². The third-order valence-electron chi connectivity index (χ3n) is 3.05. The molecule has 0 saturated heterocycles. The van der Waals surface area contributed by atoms with Gasteiger partial charge >= 0.3 is 0 Å². The van der Waals surface area contributed by atoms with E-state index in [0.29, 0.717) is 17.5 Å². The Labute approximate surface area is 91.3 Å². The molecule has 0 spiro atoms. The zero-order valence-corrected chi connectivity index (χ0v) is 9.61. The maximum Gasteiger partial charge on any atom is 0.0613 e. The summed E-state index contributed by atoms with van der Waals surface area (Å²) in [7, 11) is 0. The lowest BCUT2D eigenvalue weighted by Gasteiger charge is -2.39. The first-order chi connectivity index (χ1) is 6.58. The van der Waals surface area contributed by atoms with Crippen LogP contribution in [0, 0.1) is 5.92 Å². The molecule has 14 heavy (non-hydrogen) atoms. The Balaban J connectivity index is 2.51. The van der Waals surface area contributed by atoms with E-state index in [-0.39, 0.29) is 12.1 Å². The third kappa shape index (κ3) is 3.26. The average Bonchev–Trinajstić information content (AvgIpc) is 2.15. The van der Waals surface area contributed by atoms with E-state index in [1.165, 1.54) is 12.8 Å². The Morgan fingerprint density at radius 1 is 1.71 bits per heavy atom. The fourth-order valence-electron chi connectivity index (χ4n) is 2.30. The summed E-state index contributed by atoms with van der Waals surface area (Å²) in [4.78, 5) is 0. The first-order valence-electron chi connectivity index (χ1n) is 5.27. The zero-order chi connectivity index (χ0) is 10.6. The van der Waals surface area contributed by atoms with Crippen LogP contribution in [0.15, 0.2) is 11.6 Å². The molecule has 1 rings (SSSR count). The standard InChI is InChI=1S/C11H20ClNO/c1-9-4-3-5-11(6-9,8-14)13-7-10(2)12/h9,13-14H,2-8H2,1H3. The van der Waals surface area contributed by atoms with E-state index in [9.17, 15) is 5.11 Å². The van der Waals surface area contributed by atoms with Crippen LogP contribution >= 0.6 is 11.6 Å². The van der Waals surface area contributed by atoms with Gasteiger partial charge in [-0.2, -0.15) is 0 Å². The summed E-state index contributed by atoms with van der Waals surface area (Å²) in [6.07, 6.45) is 4.53. The Morgan fingerprint density at radius 2 is 2.43 bits per heavy atom. The minimum Gasteiger partial charge on any atom is -0.394 e. The van der Waals surface area contributed by atoms with E-state index in [0.717, 1.165) is 12.8 Å². The highest BCUT2D eigenvalue weighted by Gasteiger charge is 2.33. The molecule has 0 amide bonds. The summed E-state index contributed by atoms with van der Waals surface area (Å²) in [6, 6.07) is 0. The Bertz CT molecular complexity index is 207. The van der Waals surface area contributed by atoms with Gasteiger partial charge in [-0.1, -0.05) is 37.9 Å². The maximum absolute atomic E-state index is 9.44. The normalized spacial score (nSPS) is 32.9. The number of hydrogen-bond acceptors (Lipinski definition) is 2. The van der Waals surface area contributed by atoms with Crippen LogP contribution in [-0.4, -0.2) is 23.8 Å². The molecule has 0 aromatic rings. The van der Waals surface area contributed by atoms with Crippen molar-refractivity contribution >= 4 is 11.6 Å². The van der Waals surface area contributed by atoms with Crippen molar-refractivity contribution in [2.75, 3.05) is 13.2 Å². The van der Waals surface area contributed by atoms with E-state index in [2.05, 4.69) is 18.8 Å². The van der Waals surface area contributed by atoms with Crippen molar-refractivity contribution in [1.29, 1.82) is 0 Å². The molecule has 0 radical (unpaired) electrons. The minimum absolute atomic E-state index is 0.116. The van der Waals surface area contributed by atoms with Crippen molar-refractivity contribution in [1.82, 2.24) is 5.32 Å². The van der Waals surface area contributed by atoms with Gasteiger partial charge in [0.15, 0.2) is 0 Å². The molecule has 0 aromatic heterocycles. The predicted octanol–water partition coefficient (Wildman–Crippen LogP) is 2.27. The van der Waals surface area contributed by atoms with E-state index < -0.39 is 0 Å². The van der Waals surface area contributed by atoms with Crippen LogP contribution in [0.2, 0.25) is 0 Å². The van der Waals surface area contributed by atoms with Gasteiger partial charge < -0.3 is 10.4 Å². The molecule has 1 fully saturated rings. The van der Waals surface area contributed by atoms with Gasteiger partial charge in [-0.15, -0.1) is 0 Å². The third-order valence-corrected chi connectivity index (χ3v) is 3.18.